The van der Waals surface area contributed by atoms with Crippen LogP contribution < -0.4 is 5.11 Å². The van der Waals surface area contributed by atoms with Crippen LogP contribution in [0.15, 0.2) is 11.8 Å². The molecule has 0 atom stereocenters. The topological polar surface area (TPSA) is 40.1 Å². The van der Waals surface area contributed by atoms with Crippen molar-refractivity contribution in [3.63, 3.8) is 0 Å². The average molecular weight is 297 g/mol. The SMILES string of the molecule is CC(=O)/C=C(\[O-])C(F)(F)F.[Nd+3]. The van der Waals surface area contributed by atoms with E-state index in [1.807, 2.05) is 0 Å². The standard InChI is InChI=1S/C5H5F3O2.Nd/c1-3(9)2-4(10)5(6,7)8;/h2,10H,1H3;/q;+3/p-1/b4-2-;. The fourth-order valence-corrected chi connectivity index (χ4v) is 0.266. The minimum atomic E-state index is -4.92. The largest absolute Gasteiger partial charge is 3.00 e. The minimum absolute atomic E-state index is 0. The van der Waals surface area contributed by atoms with Crippen molar-refractivity contribution < 1.29 is 63.9 Å². The van der Waals surface area contributed by atoms with E-state index in [9.17, 15) is 23.1 Å². The zero-order chi connectivity index (χ0) is 8.36. The molecule has 0 spiro atoms. The molecule has 0 aliphatic rings. The monoisotopic (exact) mass is 295 g/mol. The van der Waals surface area contributed by atoms with E-state index in [0.29, 0.717) is 0 Å². The van der Waals surface area contributed by atoms with Gasteiger partial charge in [0, 0.05) is 0 Å². The molecule has 0 aliphatic carbocycles. The number of rotatable bonds is 1. The molecule has 0 saturated carbocycles. The van der Waals surface area contributed by atoms with E-state index in [4.69, 9.17) is 0 Å². The van der Waals surface area contributed by atoms with Crippen LogP contribution in [0.3, 0.4) is 0 Å². The van der Waals surface area contributed by atoms with E-state index in [0.717, 1.165) is 6.92 Å². The summed E-state index contributed by atoms with van der Waals surface area (Å²) in [6, 6.07) is 0. The number of hydrogen-bond donors (Lipinski definition) is 0. The Kier molecular flexibility index (Phi) is 6.42. The second kappa shape index (κ2) is 5.08. The predicted octanol–water partition coefficient (Wildman–Crippen LogP) is 0.382. The number of alkyl halides is 3. The maximum absolute atomic E-state index is 11.3. The van der Waals surface area contributed by atoms with Gasteiger partial charge in [0.05, 0.1) is 0 Å². The van der Waals surface area contributed by atoms with Crippen LogP contribution in [-0.4, -0.2) is 12.0 Å². The van der Waals surface area contributed by atoms with E-state index in [1.165, 1.54) is 0 Å². The number of ketones is 1. The number of halogens is 3. The first kappa shape index (κ1) is 13.9. The van der Waals surface area contributed by atoms with Crippen molar-refractivity contribution in [2.24, 2.45) is 0 Å². The smallest absolute Gasteiger partial charge is 0.869 e. The molecule has 0 fully saturated rings. The number of allylic oxidation sites excluding steroid dienone is 2. The van der Waals surface area contributed by atoms with Crippen LogP contribution >= 0.6 is 0 Å². The van der Waals surface area contributed by atoms with Gasteiger partial charge < -0.3 is 5.11 Å². The summed E-state index contributed by atoms with van der Waals surface area (Å²) in [5.41, 5.74) is 0. The Balaban J connectivity index is 0. The zero-order valence-electron chi connectivity index (χ0n) is 5.53. The molecule has 0 unspecified atom stereocenters. The van der Waals surface area contributed by atoms with Gasteiger partial charge in [-0.1, -0.05) is 0 Å². The van der Waals surface area contributed by atoms with Crippen molar-refractivity contribution in [1.29, 1.82) is 0 Å². The third-order valence-electron chi connectivity index (χ3n) is 0.614. The number of hydrogen-bond acceptors (Lipinski definition) is 2. The van der Waals surface area contributed by atoms with Crippen LogP contribution in [0.25, 0.3) is 0 Å². The summed E-state index contributed by atoms with van der Waals surface area (Å²) in [6.07, 6.45) is -4.91. The van der Waals surface area contributed by atoms with E-state index in [-0.39, 0.29) is 46.9 Å². The first-order chi connectivity index (χ1) is 4.34. The molecule has 6 heteroatoms. The van der Waals surface area contributed by atoms with Crippen LogP contribution in [0.4, 0.5) is 13.2 Å². The molecule has 0 rings (SSSR count). The zero-order valence-corrected chi connectivity index (χ0v) is 8.74. The fourth-order valence-electron chi connectivity index (χ4n) is 0.266. The van der Waals surface area contributed by atoms with Gasteiger partial charge in [-0.05, 0) is 18.8 Å². The van der Waals surface area contributed by atoms with Gasteiger partial charge in [0.25, 0.3) is 0 Å². The van der Waals surface area contributed by atoms with Gasteiger partial charge in [-0.25, -0.2) is 0 Å². The molecule has 0 aromatic heterocycles. The van der Waals surface area contributed by atoms with Gasteiger partial charge in [0.2, 0.25) is 0 Å². The van der Waals surface area contributed by atoms with Gasteiger partial charge in [0.15, 0.2) is 5.78 Å². The molecule has 0 N–H and O–H groups in total. The van der Waals surface area contributed by atoms with Crippen molar-refractivity contribution in [1.82, 2.24) is 0 Å². The van der Waals surface area contributed by atoms with Crippen LogP contribution in [-0.2, 0) is 4.79 Å². The van der Waals surface area contributed by atoms with Crippen molar-refractivity contribution in [3.8, 4) is 0 Å². The molecule has 2 nitrogen and oxygen atoms in total. The Bertz CT molecular complexity index is 173. The van der Waals surface area contributed by atoms with Crippen molar-refractivity contribution >= 4 is 5.78 Å². The van der Waals surface area contributed by atoms with Crippen LogP contribution in [0.2, 0.25) is 0 Å². The molecule has 0 amide bonds. The van der Waals surface area contributed by atoms with Gasteiger partial charge in [-0.3, -0.25) is 4.79 Å². The second-order valence-corrected chi connectivity index (χ2v) is 1.62. The van der Waals surface area contributed by atoms with Gasteiger partial charge in [-0.2, -0.15) is 13.2 Å². The van der Waals surface area contributed by atoms with Gasteiger partial charge in [0.1, 0.15) is 0 Å². The molecular formula is C5H4F3NdO2+2. The molecule has 0 bridgehead atoms. The summed E-state index contributed by atoms with van der Waals surface area (Å²) in [6.45, 7) is 0.879. The van der Waals surface area contributed by atoms with Crippen LogP contribution in [0.1, 0.15) is 6.92 Å². The Hall–Kier alpha value is 0.351. The summed E-state index contributed by atoms with van der Waals surface area (Å²) in [5, 5.41) is 9.87. The maximum Gasteiger partial charge on any atom is 3.00 e. The molecular weight excluding hydrogens is 293 g/mol. The summed E-state index contributed by atoms with van der Waals surface area (Å²) >= 11 is 0. The summed E-state index contributed by atoms with van der Waals surface area (Å²) in [7, 11) is 0. The Morgan fingerprint density at radius 1 is 1.45 bits per heavy atom. The minimum Gasteiger partial charge on any atom is -0.869 e. The van der Waals surface area contributed by atoms with E-state index >= 15 is 0 Å². The van der Waals surface area contributed by atoms with Gasteiger partial charge >= 0.3 is 47.0 Å². The number of carbonyl (C=O) groups excluding carboxylic acids is 1. The Morgan fingerprint density at radius 2 is 1.82 bits per heavy atom. The van der Waals surface area contributed by atoms with Crippen molar-refractivity contribution in [2.45, 2.75) is 13.1 Å². The molecule has 0 heterocycles. The van der Waals surface area contributed by atoms with E-state index in [2.05, 4.69) is 0 Å². The molecule has 0 aromatic rings. The molecule has 1 radical (unpaired) electrons. The van der Waals surface area contributed by atoms with E-state index in [1.54, 1.807) is 0 Å². The normalized spacial score (nSPS) is 12.2. The van der Waals surface area contributed by atoms with Crippen molar-refractivity contribution in [2.75, 3.05) is 0 Å². The second-order valence-electron chi connectivity index (χ2n) is 1.62. The van der Waals surface area contributed by atoms with Gasteiger partial charge in [-0.15, -0.1) is 0 Å². The fraction of sp³-hybridized carbons (Fsp3) is 0.400. The average Bonchev–Trinajstić information content (AvgIpc) is 1.60. The van der Waals surface area contributed by atoms with Crippen LogP contribution in [0.5, 0.6) is 0 Å². The third kappa shape index (κ3) is 6.74. The molecule has 0 aromatic carbocycles. The Labute approximate surface area is 94.0 Å². The quantitative estimate of drug-likeness (QED) is 0.519. The van der Waals surface area contributed by atoms with Crippen molar-refractivity contribution in [3.05, 3.63) is 11.8 Å². The molecule has 0 aliphatic heterocycles. The maximum atomic E-state index is 11.3. The Morgan fingerprint density at radius 3 is 1.91 bits per heavy atom. The molecule has 11 heavy (non-hydrogen) atoms. The summed E-state index contributed by atoms with van der Waals surface area (Å²) in [4.78, 5) is 9.92. The first-order valence-corrected chi connectivity index (χ1v) is 2.30. The molecule has 59 valence electrons. The summed E-state index contributed by atoms with van der Waals surface area (Å²) in [5.74, 6) is -3.01. The van der Waals surface area contributed by atoms with E-state index < -0.39 is 17.7 Å². The first-order valence-electron chi connectivity index (χ1n) is 2.30. The third-order valence-corrected chi connectivity index (χ3v) is 0.614. The predicted molar refractivity (Wildman–Crippen MR) is 24.8 cm³/mol. The molecule has 0 saturated heterocycles. The summed E-state index contributed by atoms with van der Waals surface area (Å²) < 4.78 is 33.8. The number of carbonyl (C=O) groups is 1. The van der Waals surface area contributed by atoms with Crippen LogP contribution in [0, 0.1) is 40.8 Å².